The van der Waals surface area contributed by atoms with E-state index in [2.05, 4.69) is 5.32 Å². The number of nitro benzene ring substituents is 1. The van der Waals surface area contributed by atoms with Crippen molar-refractivity contribution in [2.45, 2.75) is 13.3 Å². The number of nitrogens with zero attached hydrogens (tertiary/aromatic N) is 2. The topological polar surface area (TPSA) is 136 Å². The summed E-state index contributed by atoms with van der Waals surface area (Å²) >= 11 is 0. The molecule has 1 heterocycles. The molecule has 2 aromatic carbocycles. The zero-order valence-electron chi connectivity index (χ0n) is 15.9. The van der Waals surface area contributed by atoms with E-state index in [1.807, 2.05) is 0 Å². The van der Waals surface area contributed by atoms with E-state index in [0.29, 0.717) is 0 Å². The third-order valence-corrected chi connectivity index (χ3v) is 4.43. The lowest BCUT2D eigenvalue weighted by Crippen LogP contribution is -2.33. The zero-order valence-corrected chi connectivity index (χ0v) is 15.9. The van der Waals surface area contributed by atoms with E-state index in [0.717, 1.165) is 11.0 Å². The van der Waals surface area contributed by atoms with E-state index in [9.17, 15) is 29.3 Å². The smallest absolute Gasteiger partial charge is 0.340 e. The molecule has 10 heteroatoms. The second kappa shape index (κ2) is 8.52. The van der Waals surface area contributed by atoms with E-state index >= 15 is 0 Å². The lowest BCUT2D eigenvalue weighted by Gasteiger charge is -2.14. The fraction of sp³-hybridized carbons (Fsp3) is 0.200. The highest BCUT2D eigenvalue weighted by Gasteiger charge is 2.40. The van der Waals surface area contributed by atoms with Crippen LogP contribution in [0.3, 0.4) is 0 Å². The number of imide groups is 1. The number of carbonyl (C=O) groups is 4. The summed E-state index contributed by atoms with van der Waals surface area (Å²) in [6, 6.07) is 10.1. The molecule has 0 radical (unpaired) electrons. The Bertz CT molecular complexity index is 1060. The zero-order chi connectivity index (χ0) is 21.8. The van der Waals surface area contributed by atoms with Crippen molar-refractivity contribution in [3.05, 3.63) is 69.3 Å². The Morgan fingerprint density at radius 1 is 1.10 bits per heavy atom. The van der Waals surface area contributed by atoms with Crippen LogP contribution >= 0.6 is 0 Å². The number of rotatable bonds is 7. The maximum Gasteiger partial charge on any atom is 0.340 e. The summed E-state index contributed by atoms with van der Waals surface area (Å²) in [4.78, 5) is 60.5. The van der Waals surface area contributed by atoms with Crippen molar-refractivity contribution in [1.29, 1.82) is 0 Å². The van der Waals surface area contributed by atoms with E-state index < -0.39 is 34.3 Å². The molecule has 0 saturated heterocycles. The number of para-hydroxylation sites is 1. The Labute approximate surface area is 170 Å². The molecule has 0 aliphatic carbocycles. The van der Waals surface area contributed by atoms with E-state index in [4.69, 9.17) is 4.74 Å². The van der Waals surface area contributed by atoms with Gasteiger partial charge in [0.15, 0.2) is 0 Å². The highest BCUT2D eigenvalue weighted by atomic mass is 16.6. The largest absolute Gasteiger partial charge is 0.462 e. The van der Waals surface area contributed by atoms with Crippen LogP contribution in [0.1, 0.15) is 44.4 Å². The number of nitrogens with one attached hydrogen (secondary N) is 1. The molecule has 30 heavy (non-hydrogen) atoms. The number of esters is 1. The molecule has 10 nitrogen and oxygen atoms in total. The van der Waals surface area contributed by atoms with Gasteiger partial charge in [0.1, 0.15) is 5.56 Å². The monoisotopic (exact) mass is 411 g/mol. The van der Waals surface area contributed by atoms with Gasteiger partial charge >= 0.3 is 5.97 Å². The number of fused-ring (bicyclic) bond motifs is 1. The van der Waals surface area contributed by atoms with Crippen molar-refractivity contribution < 1.29 is 28.8 Å². The van der Waals surface area contributed by atoms with Crippen molar-refractivity contribution in [1.82, 2.24) is 4.90 Å². The average molecular weight is 411 g/mol. The average Bonchev–Trinajstić information content (AvgIpc) is 2.97. The Kier molecular flexibility index (Phi) is 5.86. The minimum atomic E-state index is -0.818. The first kappa shape index (κ1) is 20.6. The molecule has 0 unspecified atom stereocenters. The molecular weight excluding hydrogens is 394 g/mol. The second-order valence-corrected chi connectivity index (χ2v) is 6.28. The molecule has 3 amide bonds. The van der Waals surface area contributed by atoms with Gasteiger partial charge in [0.25, 0.3) is 17.5 Å². The Balaban J connectivity index is 1.70. The van der Waals surface area contributed by atoms with Gasteiger partial charge in [0.05, 0.1) is 28.3 Å². The SMILES string of the molecule is CCOC(=O)c1ccccc1NC(=O)CCN1C(=O)c2cccc([N+](=O)[O-])c2C1=O. The van der Waals surface area contributed by atoms with Gasteiger partial charge < -0.3 is 10.1 Å². The molecule has 1 aliphatic rings. The Morgan fingerprint density at radius 2 is 1.83 bits per heavy atom. The quantitative estimate of drug-likeness (QED) is 0.320. The molecule has 0 spiro atoms. The highest BCUT2D eigenvalue weighted by Crippen LogP contribution is 2.30. The van der Waals surface area contributed by atoms with Crippen molar-refractivity contribution in [3.8, 4) is 0 Å². The Morgan fingerprint density at radius 3 is 2.53 bits per heavy atom. The molecule has 154 valence electrons. The molecule has 0 atom stereocenters. The molecule has 0 saturated carbocycles. The second-order valence-electron chi connectivity index (χ2n) is 6.28. The maximum atomic E-state index is 12.5. The predicted molar refractivity (Wildman–Crippen MR) is 104 cm³/mol. The van der Waals surface area contributed by atoms with Crippen molar-refractivity contribution in [3.63, 3.8) is 0 Å². The molecule has 2 aromatic rings. The number of benzene rings is 2. The summed E-state index contributed by atoms with van der Waals surface area (Å²) < 4.78 is 4.94. The summed E-state index contributed by atoms with van der Waals surface area (Å²) in [5.74, 6) is -2.65. The lowest BCUT2D eigenvalue weighted by molar-refractivity contribution is -0.385. The first-order valence-electron chi connectivity index (χ1n) is 9.04. The number of ether oxygens (including phenoxy) is 1. The summed E-state index contributed by atoms with van der Waals surface area (Å²) in [5.41, 5.74) is -0.396. The molecule has 0 aromatic heterocycles. The van der Waals surface area contributed by atoms with Crippen LogP contribution in [0.15, 0.2) is 42.5 Å². The van der Waals surface area contributed by atoms with E-state index in [1.54, 1.807) is 19.1 Å². The van der Waals surface area contributed by atoms with Crippen LogP contribution in [0.5, 0.6) is 0 Å². The minimum absolute atomic E-state index is 0.0673. The van der Waals surface area contributed by atoms with Crippen molar-refractivity contribution in [2.24, 2.45) is 0 Å². The summed E-state index contributed by atoms with van der Waals surface area (Å²) in [7, 11) is 0. The van der Waals surface area contributed by atoms with Gasteiger partial charge in [0.2, 0.25) is 5.91 Å². The van der Waals surface area contributed by atoms with Crippen LogP contribution in [0.2, 0.25) is 0 Å². The number of hydrogen-bond acceptors (Lipinski definition) is 7. The van der Waals surface area contributed by atoms with Gasteiger partial charge in [-0.1, -0.05) is 18.2 Å². The third-order valence-electron chi connectivity index (χ3n) is 4.43. The number of hydrogen-bond donors (Lipinski definition) is 1. The summed E-state index contributed by atoms with van der Waals surface area (Å²) in [5, 5.41) is 13.7. The van der Waals surface area contributed by atoms with Crippen LogP contribution in [-0.2, 0) is 9.53 Å². The lowest BCUT2D eigenvalue weighted by atomic mass is 10.1. The van der Waals surface area contributed by atoms with Gasteiger partial charge in [0, 0.05) is 19.0 Å². The van der Waals surface area contributed by atoms with E-state index in [1.165, 1.54) is 24.3 Å². The molecule has 1 N–H and O–H groups in total. The van der Waals surface area contributed by atoms with Crippen LogP contribution < -0.4 is 5.32 Å². The maximum absolute atomic E-state index is 12.5. The standard InChI is InChI=1S/C20H17N3O7/c1-2-30-20(27)12-6-3-4-8-14(12)21-16(24)10-11-22-18(25)13-7-5-9-15(23(28)29)17(13)19(22)26/h3-9H,2,10-11H2,1H3,(H,21,24). The molecule has 0 fully saturated rings. The minimum Gasteiger partial charge on any atom is -0.462 e. The first-order valence-corrected chi connectivity index (χ1v) is 9.04. The fourth-order valence-corrected chi connectivity index (χ4v) is 3.08. The van der Waals surface area contributed by atoms with E-state index in [-0.39, 0.29) is 42.0 Å². The highest BCUT2D eigenvalue weighted by molar-refractivity contribution is 6.23. The normalized spacial score (nSPS) is 12.5. The Hall–Kier alpha value is -4.08. The molecular formula is C20H17N3O7. The van der Waals surface area contributed by atoms with Crippen molar-refractivity contribution in [2.75, 3.05) is 18.5 Å². The van der Waals surface area contributed by atoms with Crippen LogP contribution in [0.25, 0.3) is 0 Å². The van der Waals surface area contributed by atoms with Gasteiger partial charge in [-0.3, -0.25) is 29.4 Å². The van der Waals surface area contributed by atoms with Crippen LogP contribution in [0.4, 0.5) is 11.4 Å². The number of nitro groups is 1. The van der Waals surface area contributed by atoms with Gasteiger partial charge in [-0.25, -0.2) is 4.79 Å². The number of anilines is 1. The van der Waals surface area contributed by atoms with Crippen LogP contribution in [0, 0.1) is 10.1 Å². The fourth-order valence-electron chi connectivity index (χ4n) is 3.08. The first-order chi connectivity index (χ1) is 14.3. The summed E-state index contributed by atoms with van der Waals surface area (Å²) in [6.07, 6.45) is -0.254. The van der Waals surface area contributed by atoms with Crippen molar-refractivity contribution >= 4 is 35.1 Å². The van der Waals surface area contributed by atoms with Gasteiger partial charge in [-0.15, -0.1) is 0 Å². The third kappa shape index (κ3) is 3.88. The molecule has 0 bridgehead atoms. The summed E-state index contributed by atoms with van der Waals surface area (Å²) in [6.45, 7) is 1.56. The molecule has 3 rings (SSSR count). The predicted octanol–water partition coefficient (Wildman–Crippen LogP) is 2.40. The molecule has 1 aliphatic heterocycles. The van der Waals surface area contributed by atoms with Crippen LogP contribution in [-0.4, -0.2) is 46.7 Å². The van der Waals surface area contributed by atoms with Gasteiger partial charge in [-0.05, 0) is 25.1 Å². The van der Waals surface area contributed by atoms with Gasteiger partial charge in [-0.2, -0.15) is 0 Å². The number of carbonyl (C=O) groups excluding carboxylic acids is 4. The number of amides is 3.